The largest absolute Gasteiger partial charge is 0.507 e. The Hall–Kier alpha value is -3.36. The van der Waals surface area contributed by atoms with Crippen molar-refractivity contribution in [3.63, 3.8) is 0 Å². The second kappa shape index (κ2) is 13.6. The van der Waals surface area contributed by atoms with E-state index in [1.807, 2.05) is 24.3 Å². The Bertz CT molecular complexity index is 1140. The molecule has 8 heteroatoms. The molecule has 0 spiro atoms. The van der Waals surface area contributed by atoms with Gasteiger partial charge in [0.1, 0.15) is 17.3 Å². The highest BCUT2D eigenvalue weighted by molar-refractivity contribution is 6.46. The highest BCUT2D eigenvalue weighted by Crippen LogP contribution is 2.40. The normalized spacial score (nSPS) is 19.6. The highest BCUT2D eigenvalue weighted by atomic mass is 16.5. The minimum Gasteiger partial charge on any atom is -0.507 e. The molecule has 2 heterocycles. The molecule has 1 N–H and O–H groups in total. The molecular weight excluding hydrogens is 496 g/mol. The molecule has 1 unspecified atom stereocenters. The van der Waals surface area contributed by atoms with Crippen LogP contribution in [0.5, 0.6) is 11.5 Å². The Labute approximate surface area is 231 Å². The molecule has 0 saturated carbocycles. The number of rotatable bonds is 12. The summed E-state index contributed by atoms with van der Waals surface area (Å²) < 4.78 is 17.0. The first-order valence-corrected chi connectivity index (χ1v) is 13.9. The number of aliphatic hydroxyl groups is 1. The first-order chi connectivity index (χ1) is 18.9. The van der Waals surface area contributed by atoms with Gasteiger partial charge in [-0.25, -0.2) is 0 Å². The standard InChI is InChI=1S/C31H40N2O6/c1-4-5-18-38-25-10-6-23(7-11-25)28-27(29(34)24-8-12-26(13-9-24)39-21-22(2)3)30(35)31(36)33(28)15-14-32-16-19-37-20-17-32/h6-13,22,28,34H,4-5,14-21H2,1-3H3. The summed E-state index contributed by atoms with van der Waals surface area (Å²) in [6.07, 6.45) is 2.01. The number of ether oxygens (including phenoxy) is 3. The predicted octanol–water partition coefficient (Wildman–Crippen LogP) is 4.65. The van der Waals surface area contributed by atoms with Gasteiger partial charge in [-0.2, -0.15) is 0 Å². The van der Waals surface area contributed by atoms with Crippen molar-refractivity contribution in [3.8, 4) is 11.5 Å². The van der Waals surface area contributed by atoms with Gasteiger partial charge in [-0.05, 0) is 54.3 Å². The summed E-state index contributed by atoms with van der Waals surface area (Å²) in [6, 6.07) is 13.7. The van der Waals surface area contributed by atoms with Crippen molar-refractivity contribution in [1.29, 1.82) is 0 Å². The fraction of sp³-hybridized carbons (Fsp3) is 0.484. The SMILES string of the molecule is CCCCOc1ccc(C2C(=C(O)c3ccc(OCC(C)C)cc3)C(=O)C(=O)N2CCN2CCOCC2)cc1. The van der Waals surface area contributed by atoms with Crippen LogP contribution in [0.2, 0.25) is 0 Å². The van der Waals surface area contributed by atoms with Gasteiger partial charge >= 0.3 is 0 Å². The van der Waals surface area contributed by atoms with Crippen LogP contribution in [0, 0.1) is 5.92 Å². The number of Topliss-reactive ketones (excluding diaryl/α,β-unsaturated/α-hetero) is 1. The average Bonchev–Trinajstić information content (AvgIpc) is 3.21. The number of carbonyl (C=O) groups is 2. The smallest absolute Gasteiger partial charge is 0.295 e. The molecule has 2 fully saturated rings. The van der Waals surface area contributed by atoms with Gasteiger partial charge < -0.3 is 24.2 Å². The van der Waals surface area contributed by atoms with Crippen molar-refractivity contribution in [2.45, 2.75) is 39.7 Å². The van der Waals surface area contributed by atoms with E-state index in [9.17, 15) is 14.7 Å². The molecular formula is C31H40N2O6. The molecule has 1 amide bonds. The Morgan fingerprint density at radius 1 is 0.974 bits per heavy atom. The maximum atomic E-state index is 13.4. The van der Waals surface area contributed by atoms with Crippen LogP contribution in [0.4, 0.5) is 0 Å². The molecule has 2 aliphatic rings. The van der Waals surface area contributed by atoms with Gasteiger partial charge in [0.15, 0.2) is 0 Å². The number of benzene rings is 2. The van der Waals surface area contributed by atoms with Crippen molar-refractivity contribution >= 4 is 17.4 Å². The molecule has 0 aromatic heterocycles. The molecule has 1 atom stereocenters. The van der Waals surface area contributed by atoms with Gasteiger partial charge in [-0.1, -0.05) is 39.3 Å². The Balaban J connectivity index is 1.64. The number of morpholine rings is 1. The number of aliphatic hydroxyl groups excluding tert-OH is 1. The van der Waals surface area contributed by atoms with E-state index in [0.29, 0.717) is 56.7 Å². The summed E-state index contributed by atoms with van der Waals surface area (Å²) >= 11 is 0. The Morgan fingerprint density at radius 2 is 1.62 bits per heavy atom. The number of amides is 1. The van der Waals surface area contributed by atoms with E-state index >= 15 is 0 Å². The molecule has 2 aromatic carbocycles. The molecule has 4 rings (SSSR count). The van der Waals surface area contributed by atoms with Crippen LogP contribution >= 0.6 is 0 Å². The lowest BCUT2D eigenvalue weighted by Crippen LogP contribution is -2.42. The second-order valence-electron chi connectivity index (χ2n) is 10.4. The minimum absolute atomic E-state index is 0.0949. The summed E-state index contributed by atoms with van der Waals surface area (Å²) in [5, 5.41) is 11.4. The zero-order valence-electron chi connectivity index (χ0n) is 23.2. The topological polar surface area (TPSA) is 88.5 Å². The molecule has 8 nitrogen and oxygen atoms in total. The lowest BCUT2D eigenvalue weighted by molar-refractivity contribution is -0.140. The average molecular weight is 537 g/mol. The van der Waals surface area contributed by atoms with Gasteiger partial charge in [-0.3, -0.25) is 14.5 Å². The third-order valence-corrected chi connectivity index (χ3v) is 6.97. The van der Waals surface area contributed by atoms with Crippen LogP contribution in [0.3, 0.4) is 0 Å². The van der Waals surface area contributed by atoms with Crippen LogP contribution in [0.25, 0.3) is 5.76 Å². The number of nitrogens with zero attached hydrogens (tertiary/aromatic N) is 2. The van der Waals surface area contributed by atoms with Crippen LogP contribution in [-0.4, -0.2) is 79.2 Å². The number of unbranched alkanes of at least 4 members (excludes halogenated alkanes) is 1. The first-order valence-electron chi connectivity index (χ1n) is 13.9. The Morgan fingerprint density at radius 3 is 2.26 bits per heavy atom. The zero-order valence-corrected chi connectivity index (χ0v) is 23.2. The number of ketones is 1. The van der Waals surface area contributed by atoms with Crippen molar-refractivity contribution in [3.05, 3.63) is 65.2 Å². The van der Waals surface area contributed by atoms with Crippen LogP contribution in [0.1, 0.15) is 50.8 Å². The second-order valence-corrected chi connectivity index (χ2v) is 10.4. The van der Waals surface area contributed by atoms with Gasteiger partial charge in [0.2, 0.25) is 0 Å². The van der Waals surface area contributed by atoms with Crippen LogP contribution < -0.4 is 9.47 Å². The first kappa shape index (κ1) is 28.6. The number of likely N-dealkylation sites (tertiary alicyclic amines) is 1. The van der Waals surface area contributed by atoms with E-state index in [1.54, 1.807) is 29.2 Å². The van der Waals surface area contributed by atoms with Crippen molar-refractivity contribution in [2.24, 2.45) is 5.92 Å². The maximum absolute atomic E-state index is 13.4. The molecule has 0 bridgehead atoms. The van der Waals surface area contributed by atoms with E-state index in [2.05, 4.69) is 25.7 Å². The third-order valence-electron chi connectivity index (χ3n) is 6.97. The van der Waals surface area contributed by atoms with Crippen molar-refractivity contribution in [2.75, 3.05) is 52.6 Å². The molecule has 2 saturated heterocycles. The summed E-state index contributed by atoms with van der Waals surface area (Å²) in [5.41, 5.74) is 1.30. The zero-order chi connectivity index (χ0) is 27.8. The maximum Gasteiger partial charge on any atom is 0.295 e. The Kier molecular flexibility index (Phi) is 10.0. The van der Waals surface area contributed by atoms with Gasteiger partial charge in [0.05, 0.1) is 38.0 Å². The molecule has 2 aromatic rings. The van der Waals surface area contributed by atoms with Crippen LogP contribution in [-0.2, 0) is 14.3 Å². The van der Waals surface area contributed by atoms with E-state index in [4.69, 9.17) is 14.2 Å². The van der Waals surface area contributed by atoms with Crippen LogP contribution in [0.15, 0.2) is 54.1 Å². The number of hydrogen-bond donors (Lipinski definition) is 1. The highest BCUT2D eigenvalue weighted by Gasteiger charge is 2.46. The summed E-state index contributed by atoms with van der Waals surface area (Å²) in [4.78, 5) is 30.5. The van der Waals surface area contributed by atoms with E-state index in [-0.39, 0.29) is 11.3 Å². The van der Waals surface area contributed by atoms with E-state index in [1.165, 1.54) is 0 Å². The lowest BCUT2D eigenvalue weighted by Gasteiger charge is -2.31. The predicted molar refractivity (Wildman–Crippen MR) is 150 cm³/mol. The molecule has 2 aliphatic heterocycles. The fourth-order valence-electron chi connectivity index (χ4n) is 4.74. The fourth-order valence-corrected chi connectivity index (χ4v) is 4.74. The summed E-state index contributed by atoms with van der Waals surface area (Å²) in [7, 11) is 0. The van der Waals surface area contributed by atoms with E-state index in [0.717, 1.165) is 37.2 Å². The van der Waals surface area contributed by atoms with Gasteiger partial charge in [-0.15, -0.1) is 0 Å². The van der Waals surface area contributed by atoms with Gasteiger partial charge in [0, 0.05) is 31.7 Å². The molecule has 0 aliphatic carbocycles. The van der Waals surface area contributed by atoms with Gasteiger partial charge in [0.25, 0.3) is 11.7 Å². The van der Waals surface area contributed by atoms with E-state index < -0.39 is 17.7 Å². The molecule has 0 radical (unpaired) electrons. The third kappa shape index (κ3) is 7.19. The molecule has 39 heavy (non-hydrogen) atoms. The number of carbonyl (C=O) groups excluding carboxylic acids is 2. The minimum atomic E-state index is -0.701. The summed E-state index contributed by atoms with van der Waals surface area (Å²) in [5.74, 6) is 0.328. The molecule has 210 valence electrons. The van der Waals surface area contributed by atoms with Crippen molar-refractivity contribution < 1.29 is 28.9 Å². The van der Waals surface area contributed by atoms with Crippen molar-refractivity contribution in [1.82, 2.24) is 9.80 Å². The number of hydrogen-bond acceptors (Lipinski definition) is 7. The summed E-state index contributed by atoms with van der Waals surface area (Å²) in [6.45, 7) is 11.3. The quantitative estimate of drug-likeness (QED) is 0.183. The monoisotopic (exact) mass is 536 g/mol. The lowest BCUT2D eigenvalue weighted by atomic mass is 9.95.